The fraction of sp³-hybridized carbons (Fsp3) is 0.500. The predicted octanol–water partition coefficient (Wildman–Crippen LogP) is 1.97. The van der Waals surface area contributed by atoms with Gasteiger partial charge in [-0.15, -0.1) is 0 Å². The summed E-state index contributed by atoms with van der Waals surface area (Å²) in [5, 5.41) is 5.68. The van der Waals surface area contributed by atoms with E-state index < -0.39 is 0 Å². The Balaban J connectivity index is 2.02. The van der Waals surface area contributed by atoms with Gasteiger partial charge in [-0.05, 0) is 24.6 Å². The molecule has 1 atom stereocenters. The largest absolute Gasteiger partial charge is 0.385 e. The van der Waals surface area contributed by atoms with E-state index in [-0.39, 0.29) is 18.0 Å². The Hall–Kier alpha value is -1.83. The van der Waals surface area contributed by atoms with E-state index in [0.29, 0.717) is 42.6 Å². The third-order valence-corrected chi connectivity index (χ3v) is 4.10. The van der Waals surface area contributed by atoms with Crippen molar-refractivity contribution < 1.29 is 19.1 Å². The number of anilines is 1. The summed E-state index contributed by atoms with van der Waals surface area (Å²) in [6, 6.07) is 4.48. The topological polar surface area (TPSA) is 79.9 Å². The predicted molar refractivity (Wildman–Crippen MR) is 91.7 cm³/mol. The smallest absolute Gasteiger partial charge is 0.322 e. The second-order valence-electron chi connectivity index (χ2n) is 5.42. The van der Waals surface area contributed by atoms with Crippen molar-refractivity contribution in [1.29, 1.82) is 0 Å². The van der Waals surface area contributed by atoms with Crippen LogP contribution in [0.1, 0.15) is 16.8 Å². The van der Waals surface area contributed by atoms with E-state index in [4.69, 9.17) is 21.1 Å². The molecule has 7 nitrogen and oxygen atoms in total. The highest BCUT2D eigenvalue weighted by Crippen LogP contribution is 2.24. The molecular weight excluding hydrogens is 334 g/mol. The van der Waals surface area contributed by atoms with E-state index in [1.165, 1.54) is 0 Å². The van der Waals surface area contributed by atoms with Crippen molar-refractivity contribution in [1.82, 2.24) is 10.2 Å². The number of amides is 3. The third-order valence-electron chi connectivity index (χ3n) is 3.77. The van der Waals surface area contributed by atoms with Gasteiger partial charge in [0.1, 0.15) is 0 Å². The van der Waals surface area contributed by atoms with Crippen LogP contribution in [0.2, 0.25) is 5.02 Å². The number of carbonyl (C=O) groups is 2. The molecule has 3 amide bonds. The number of urea groups is 1. The summed E-state index contributed by atoms with van der Waals surface area (Å²) in [4.78, 5) is 25.8. The molecule has 0 radical (unpaired) electrons. The number of benzene rings is 1. The van der Waals surface area contributed by atoms with Crippen LogP contribution in [0.15, 0.2) is 18.2 Å². The number of morpholine rings is 1. The molecule has 0 bridgehead atoms. The lowest BCUT2D eigenvalue weighted by Gasteiger charge is -2.33. The summed E-state index contributed by atoms with van der Waals surface area (Å²) in [5.41, 5.74) is 0.833. The number of halogens is 1. The molecule has 2 N–H and O–H groups in total. The van der Waals surface area contributed by atoms with Crippen molar-refractivity contribution in [3.8, 4) is 0 Å². The number of methoxy groups -OCH3 is 1. The number of carbonyl (C=O) groups excluding carboxylic acids is 2. The van der Waals surface area contributed by atoms with Crippen LogP contribution in [0.3, 0.4) is 0 Å². The number of nitrogens with zero attached hydrogens (tertiary/aromatic N) is 1. The zero-order chi connectivity index (χ0) is 17.5. The van der Waals surface area contributed by atoms with E-state index in [0.717, 1.165) is 6.42 Å². The van der Waals surface area contributed by atoms with Crippen LogP contribution >= 0.6 is 11.6 Å². The number of hydrogen-bond donors (Lipinski definition) is 2. The van der Waals surface area contributed by atoms with E-state index in [1.54, 1.807) is 37.3 Å². The Kier molecular flexibility index (Phi) is 6.84. The molecule has 1 saturated heterocycles. The van der Waals surface area contributed by atoms with E-state index in [1.807, 2.05) is 0 Å². The maximum atomic E-state index is 12.5. The molecule has 1 heterocycles. The SMILES string of the molecule is CNC(=O)c1ccc(Cl)c(NC(=O)N2CCO[C@H](CCOC)C2)c1. The monoisotopic (exact) mass is 355 g/mol. The first-order chi connectivity index (χ1) is 11.5. The molecule has 0 unspecified atom stereocenters. The molecule has 1 aromatic rings. The molecule has 0 spiro atoms. The summed E-state index contributed by atoms with van der Waals surface area (Å²) in [6.45, 7) is 2.05. The minimum Gasteiger partial charge on any atom is -0.385 e. The summed E-state index contributed by atoms with van der Waals surface area (Å²) in [5.74, 6) is -0.242. The first-order valence-electron chi connectivity index (χ1n) is 7.73. The zero-order valence-electron chi connectivity index (χ0n) is 13.8. The number of ether oxygens (including phenoxy) is 2. The maximum absolute atomic E-state index is 12.5. The highest BCUT2D eigenvalue weighted by Gasteiger charge is 2.24. The van der Waals surface area contributed by atoms with Gasteiger partial charge in [-0.1, -0.05) is 11.6 Å². The second kappa shape index (κ2) is 8.86. The first-order valence-corrected chi connectivity index (χ1v) is 8.11. The van der Waals surface area contributed by atoms with Crippen LogP contribution in [0.4, 0.5) is 10.5 Å². The van der Waals surface area contributed by atoms with Crippen molar-refractivity contribution in [3.05, 3.63) is 28.8 Å². The number of rotatable bonds is 5. The Morgan fingerprint density at radius 2 is 2.25 bits per heavy atom. The fourth-order valence-electron chi connectivity index (χ4n) is 2.43. The zero-order valence-corrected chi connectivity index (χ0v) is 14.6. The average molecular weight is 356 g/mol. The van der Waals surface area contributed by atoms with Crippen molar-refractivity contribution in [2.24, 2.45) is 0 Å². The van der Waals surface area contributed by atoms with Crippen molar-refractivity contribution in [2.45, 2.75) is 12.5 Å². The van der Waals surface area contributed by atoms with Crippen molar-refractivity contribution in [3.63, 3.8) is 0 Å². The van der Waals surface area contributed by atoms with Gasteiger partial charge in [-0.25, -0.2) is 4.79 Å². The van der Waals surface area contributed by atoms with Crippen LogP contribution in [0.25, 0.3) is 0 Å². The number of hydrogen-bond acceptors (Lipinski definition) is 4. The molecule has 1 fully saturated rings. The molecule has 132 valence electrons. The van der Waals surface area contributed by atoms with E-state index in [9.17, 15) is 9.59 Å². The molecule has 1 aliphatic rings. The first kappa shape index (κ1) is 18.5. The van der Waals surface area contributed by atoms with Crippen LogP contribution in [0, 0.1) is 0 Å². The highest BCUT2D eigenvalue weighted by molar-refractivity contribution is 6.33. The van der Waals surface area contributed by atoms with Crippen LogP contribution in [-0.2, 0) is 9.47 Å². The summed E-state index contributed by atoms with van der Waals surface area (Å²) < 4.78 is 10.7. The number of nitrogens with one attached hydrogen (secondary N) is 2. The highest BCUT2D eigenvalue weighted by atomic mass is 35.5. The van der Waals surface area contributed by atoms with Gasteiger partial charge in [-0.2, -0.15) is 0 Å². The van der Waals surface area contributed by atoms with Crippen LogP contribution < -0.4 is 10.6 Å². The van der Waals surface area contributed by atoms with Gasteiger partial charge < -0.3 is 25.0 Å². The Labute approximate surface area is 146 Å². The fourth-order valence-corrected chi connectivity index (χ4v) is 2.59. The minimum atomic E-state index is -0.267. The molecule has 0 saturated carbocycles. The molecule has 1 aromatic carbocycles. The molecule has 0 aliphatic carbocycles. The lowest BCUT2D eigenvalue weighted by molar-refractivity contribution is -0.0260. The van der Waals surface area contributed by atoms with Gasteiger partial charge in [-0.3, -0.25) is 4.79 Å². The molecular formula is C16H22ClN3O4. The van der Waals surface area contributed by atoms with Crippen molar-refractivity contribution >= 4 is 29.2 Å². The molecule has 0 aromatic heterocycles. The van der Waals surface area contributed by atoms with Gasteiger partial charge in [0, 0.05) is 39.4 Å². The Morgan fingerprint density at radius 3 is 2.96 bits per heavy atom. The Bertz CT molecular complexity index is 597. The quantitative estimate of drug-likeness (QED) is 0.846. The molecule has 24 heavy (non-hydrogen) atoms. The van der Waals surface area contributed by atoms with Crippen LogP contribution in [-0.4, -0.2) is 63.4 Å². The van der Waals surface area contributed by atoms with Gasteiger partial charge >= 0.3 is 6.03 Å². The van der Waals surface area contributed by atoms with Crippen LogP contribution in [0.5, 0.6) is 0 Å². The summed E-state index contributed by atoms with van der Waals surface area (Å²) in [7, 11) is 3.18. The molecule has 2 rings (SSSR count). The van der Waals surface area contributed by atoms with Gasteiger partial charge in [0.2, 0.25) is 0 Å². The molecule has 1 aliphatic heterocycles. The normalized spacial score (nSPS) is 17.5. The second-order valence-corrected chi connectivity index (χ2v) is 5.83. The average Bonchev–Trinajstić information content (AvgIpc) is 2.61. The van der Waals surface area contributed by atoms with E-state index >= 15 is 0 Å². The van der Waals surface area contributed by atoms with Gasteiger partial charge in [0.05, 0.1) is 23.4 Å². The van der Waals surface area contributed by atoms with E-state index in [2.05, 4.69) is 10.6 Å². The van der Waals surface area contributed by atoms with Gasteiger partial charge in [0.15, 0.2) is 0 Å². The summed E-state index contributed by atoms with van der Waals surface area (Å²) in [6.07, 6.45) is 0.685. The third kappa shape index (κ3) is 4.83. The standard InChI is InChI=1S/C16H22ClN3O4/c1-18-15(21)11-3-4-13(17)14(9-11)19-16(22)20-6-8-24-12(10-20)5-7-23-2/h3-4,9,12H,5-8,10H2,1-2H3,(H,18,21)(H,19,22)/t12-/m1/s1. The van der Waals surface area contributed by atoms with Crippen molar-refractivity contribution in [2.75, 3.05) is 45.8 Å². The lowest BCUT2D eigenvalue weighted by atomic mass is 10.2. The molecule has 8 heteroatoms. The van der Waals surface area contributed by atoms with Gasteiger partial charge in [0.25, 0.3) is 5.91 Å². The minimum absolute atomic E-state index is 0.0443. The lowest BCUT2D eigenvalue weighted by Crippen LogP contribution is -2.47. The maximum Gasteiger partial charge on any atom is 0.322 e. The summed E-state index contributed by atoms with van der Waals surface area (Å²) >= 11 is 6.12. The Morgan fingerprint density at radius 1 is 1.46 bits per heavy atom.